The van der Waals surface area contributed by atoms with Crippen molar-refractivity contribution < 1.29 is 32.2 Å². The number of methoxy groups -OCH3 is 2. The highest BCUT2D eigenvalue weighted by atomic mass is 35.5. The molecule has 0 atom stereocenters. The van der Waals surface area contributed by atoms with Gasteiger partial charge in [-0.2, -0.15) is 0 Å². The van der Waals surface area contributed by atoms with Crippen molar-refractivity contribution in [2.24, 2.45) is 0 Å². The summed E-state index contributed by atoms with van der Waals surface area (Å²) in [6.45, 7) is 0. The first-order valence-electron chi connectivity index (χ1n) is 6.77. The van der Waals surface area contributed by atoms with Crippen molar-refractivity contribution in [3.63, 3.8) is 0 Å². The van der Waals surface area contributed by atoms with Crippen molar-refractivity contribution in [3.8, 4) is 11.5 Å². The summed E-state index contributed by atoms with van der Waals surface area (Å²) in [5, 5.41) is 8.58. The largest absolute Gasteiger partial charge is 0.495 e. The van der Waals surface area contributed by atoms with E-state index in [9.17, 15) is 17.6 Å². The molecule has 0 spiro atoms. The van der Waals surface area contributed by atoms with Gasteiger partial charge in [0.25, 0.3) is 10.0 Å². The van der Waals surface area contributed by atoms with Gasteiger partial charge in [-0.1, -0.05) is 23.2 Å². The topological polar surface area (TPSA) is 102 Å². The number of benzene rings is 2. The Balaban J connectivity index is 2.55. The molecule has 0 aliphatic carbocycles. The highest BCUT2D eigenvalue weighted by Gasteiger charge is 2.25. The van der Waals surface area contributed by atoms with Gasteiger partial charge >= 0.3 is 5.97 Å². The molecule has 0 amide bonds. The number of sulfonamides is 1. The minimum Gasteiger partial charge on any atom is -0.495 e. The Labute approximate surface area is 158 Å². The number of ether oxygens (including phenoxy) is 2. The Morgan fingerprint density at radius 1 is 1.08 bits per heavy atom. The van der Waals surface area contributed by atoms with Crippen LogP contribution in [0.4, 0.5) is 10.1 Å². The lowest BCUT2D eigenvalue weighted by atomic mass is 10.2. The molecular weight excluding hydrogens is 412 g/mol. The molecule has 0 aliphatic heterocycles. The fourth-order valence-corrected chi connectivity index (χ4v) is 3.88. The molecule has 26 heavy (non-hydrogen) atoms. The van der Waals surface area contributed by atoms with E-state index in [1.165, 1.54) is 26.4 Å². The van der Waals surface area contributed by atoms with Crippen LogP contribution in [0.5, 0.6) is 11.5 Å². The number of carbonyl (C=O) groups is 1. The average Bonchev–Trinajstić information content (AvgIpc) is 2.54. The Bertz CT molecular complexity index is 981. The van der Waals surface area contributed by atoms with Gasteiger partial charge in [-0.3, -0.25) is 4.72 Å². The van der Waals surface area contributed by atoms with Crippen molar-refractivity contribution in [2.75, 3.05) is 18.9 Å². The second kappa shape index (κ2) is 7.56. The average molecular weight is 424 g/mol. The summed E-state index contributed by atoms with van der Waals surface area (Å²) in [6.07, 6.45) is 0. The van der Waals surface area contributed by atoms with Crippen molar-refractivity contribution >= 4 is 44.9 Å². The van der Waals surface area contributed by atoms with Crippen molar-refractivity contribution in [1.82, 2.24) is 0 Å². The van der Waals surface area contributed by atoms with E-state index < -0.39 is 37.3 Å². The van der Waals surface area contributed by atoms with E-state index in [1.54, 1.807) is 0 Å². The van der Waals surface area contributed by atoms with Gasteiger partial charge in [0.2, 0.25) is 0 Å². The monoisotopic (exact) mass is 423 g/mol. The van der Waals surface area contributed by atoms with Crippen LogP contribution in [0, 0.1) is 5.82 Å². The van der Waals surface area contributed by atoms with E-state index in [0.717, 1.165) is 0 Å². The zero-order chi connectivity index (χ0) is 19.6. The highest BCUT2D eigenvalue weighted by Crippen LogP contribution is 2.37. The summed E-state index contributed by atoms with van der Waals surface area (Å²) in [7, 11) is -1.71. The molecule has 7 nitrogen and oxygen atoms in total. The predicted octanol–water partition coefficient (Wildman–Crippen LogP) is 3.65. The maximum atomic E-state index is 13.6. The summed E-state index contributed by atoms with van der Waals surface area (Å²) in [6, 6.07) is 3.83. The van der Waals surface area contributed by atoms with Gasteiger partial charge in [0.15, 0.2) is 0 Å². The maximum absolute atomic E-state index is 13.6. The number of hydrogen-bond acceptors (Lipinski definition) is 5. The van der Waals surface area contributed by atoms with Crippen LogP contribution in [-0.4, -0.2) is 33.7 Å². The smallest absolute Gasteiger partial charge is 0.338 e. The molecule has 0 bridgehead atoms. The molecule has 0 unspecified atom stereocenters. The number of hydrogen-bond donors (Lipinski definition) is 2. The van der Waals surface area contributed by atoms with Gasteiger partial charge in [-0.05, 0) is 18.2 Å². The first kappa shape index (κ1) is 20.1. The predicted molar refractivity (Wildman–Crippen MR) is 93.7 cm³/mol. The molecule has 140 valence electrons. The van der Waals surface area contributed by atoms with Gasteiger partial charge in [0.05, 0.1) is 35.5 Å². The molecule has 2 rings (SSSR count). The molecule has 0 fully saturated rings. The molecular formula is C15H12Cl2FNO6S. The summed E-state index contributed by atoms with van der Waals surface area (Å²) >= 11 is 11.8. The minimum atomic E-state index is -4.38. The lowest BCUT2D eigenvalue weighted by Gasteiger charge is -2.15. The van der Waals surface area contributed by atoms with Gasteiger partial charge in [-0.25, -0.2) is 17.6 Å². The lowest BCUT2D eigenvalue weighted by molar-refractivity contribution is 0.0691. The highest BCUT2D eigenvalue weighted by molar-refractivity contribution is 7.92. The second-order valence-electron chi connectivity index (χ2n) is 4.86. The number of halogens is 3. The van der Waals surface area contributed by atoms with Crippen LogP contribution in [0.25, 0.3) is 0 Å². The summed E-state index contributed by atoms with van der Waals surface area (Å²) < 4.78 is 51.1. The molecule has 11 heteroatoms. The van der Waals surface area contributed by atoms with E-state index in [4.69, 9.17) is 37.8 Å². The Kier molecular flexibility index (Phi) is 5.84. The lowest BCUT2D eigenvalue weighted by Crippen LogP contribution is -2.16. The van der Waals surface area contributed by atoms with Crippen LogP contribution in [0.3, 0.4) is 0 Å². The summed E-state index contributed by atoms with van der Waals surface area (Å²) in [4.78, 5) is 10.4. The van der Waals surface area contributed by atoms with Crippen molar-refractivity contribution in [2.45, 2.75) is 4.90 Å². The number of rotatable bonds is 6. The minimum absolute atomic E-state index is 0.0458. The van der Waals surface area contributed by atoms with Crippen LogP contribution >= 0.6 is 23.2 Å². The Morgan fingerprint density at radius 2 is 1.69 bits per heavy atom. The van der Waals surface area contributed by atoms with Crippen LogP contribution in [0.1, 0.15) is 10.4 Å². The standard InChI is InChI=1S/C15H12Cl2FNO6S/c1-24-12-6-13(25-2)11(5-8(12)16)19-26(22,23)14-3-7(15(20)21)10(18)4-9(14)17/h3-6,19H,1-2H3,(H,20,21). The van der Waals surface area contributed by atoms with E-state index in [2.05, 4.69) is 4.72 Å². The molecule has 0 heterocycles. The van der Waals surface area contributed by atoms with Gasteiger partial charge in [-0.15, -0.1) is 0 Å². The van der Waals surface area contributed by atoms with Crippen LogP contribution in [0.15, 0.2) is 29.2 Å². The molecule has 0 saturated heterocycles. The van der Waals surface area contributed by atoms with E-state index in [-0.39, 0.29) is 22.2 Å². The first-order chi connectivity index (χ1) is 12.1. The Morgan fingerprint density at radius 3 is 2.23 bits per heavy atom. The third-order valence-electron chi connectivity index (χ3n) is 3.26. The summed E-state index contributed by atoms with van der Waals surface area (Å²) in [5.74, 6) is -2.46. The van der Waals surface area contributed by atoms with E-state index in [1.807, 2.05) is 0 Å². The van der Waals surface area contributed by atoms with Crippen molar-refractivity contribution in [1.29, 1.82) is 0 Å². The maximum Gasteiger partial charge on any atom is 0.338 e. The SMILES string of the molecule is COc1cc(OC)c(NS(=O)(=O)c2cc(C(=O)O)c(F)cc2Cl)cc1Cl. The first-order valence-corrected chi connectivity index (χ1v) is 9.01. The molecule has 2 aromatic carbocycles. The number of carboxylic acids is 1. The molecule has 2 aromatic rings. The number of aromatic carboxylic acids is 1. The van der Waals surface area contributed by atoms with Crippen LogP contribution in [0.2, 0.25) is 10.0 Å². The van der Waals surface area contributed by atoms with Crippen molar-refractivity contribution in [3.05, 3.63) is 45.7 Å². The van der Waals surface area contributed by atoms with Gasteiger partial charge < -0.3 is 14.6 Å². The summed E-state index contributed by atoms with van der Waals surface area (Å²) in [5.41, 5.74) is -0.884. The second-order valence-corrected chi connectivity index (χ2v) is 7.33. The fourth-order valence-electron chi connectivity index (χ4n) is 2.04. The van der Waals surface area contributed by atoms with Crippen LogP contribution in [-0.2, 0) is 10.0 Å². The normalized spacial score (nSPS) is 11.1. The zero-order valence-corrected chi connectivity index (χ0v) is 15.7. The van der Waals surface area contributed by atoms with Crippen LogP contribution < -0.4 is 14.2 Å². The number of nitrogens with one attached hydrogen (secondary N) is 1. The molecule has 0 aliphatic rings. The van der Waals surface area contributed by atoms with Gasteiger partial charge in [0, 0.05) is 6.07 Å². The molecule has 0 radical (unpaired) electrons. The number of anilines is 1. The third kappa shape index (κ3) is 3.95. The fraction of sp³-hybridized carbons (Fsp3) is 0.133. The quantitative estimate of drug-likeness (QED) is 0.734. The molecule has 0 saturated carbocycles. The third-order valence-corrected chi connectivity index (χ3v) is 5.39. The zero-order valence-electron chi connectivity index (χ0n) is 13.3. The van der Waals surface area contributed by atoms with E-state index in [0.29, 0.717) is 12.1 Å². The number of carboxylic acid groups (broad SMARTS) is 1. The van der Waals surface area contributed by atoms with E-state index >= 15 is 0 Å². The molecule has 0 aromatic heterocycles. The molecule has 2 N–H and O–H groups in total. The Hall–Kier alpha value is -2.23. The van der Waals surface area contributed by atoms with Gasteiger partial charge in [0.1, 0.15) is 22.2 Å².